The van der Waals surface area contributed by atoms with Gasteiger partial charge in [0.05, 0.1) is 0 Å². The second-order valence-corrected chi connectivity index (χ2v) is 16.1. The van der Waals surface area contributed by atoms with Crippen LogP contribution in [0.4, 0.5) is 0 Å². The van der Waals surface area contributed by atoms with E-state index in [-0.39, 0.29) is 25.3 Å². The molecule has 6 heteroatoms. The van der Waals surface area contributed by atoms with Crippen LogP contribution in [0, 0.1) is 56.7 Å². The molecule has 0 saturated heterocycles. The van der Waals surface area contributed by atoms with Gasteiger partial charge < -0.3 is 0 Å². The van der Waals surface area contributed by atoms with Crippen molar-refractivity contribution in [2.24, 2.45) is 0 Å². The van der Waals surface area contributed by atoms with Gasteiger partial charge in [-0.25, -0.2) is 0 Å². The zero-order valence-corrected chi connectivity index (χ0v) is 27.3. The Morgan fingerprint density at radius 3 is 1.48 bits per heavy atom. The van der Waals surface area contributed by atoms with Crippen LogP contribution in [0.15, 0.2) is 60.7 Å². The number of benzene rings is 2. The summed E-state index contributed by atoms with van der Waals surface area (Å²) in [7, 11) is -0.478. The van der Waals surface area contributed by atoms with E-state index in [2.05, 4.69) is 99.9 Å². The fourth-order valence-electron chi connectivity index (χ4n) is 7.28. The van der Waals surface area contributed by atoms with Gasteiger partial charge in [-0.15, -0.1) is 0 Å². The Balaban J connectivity index is 0.000000830. The van der Waals surface area contributed by atoms with E-state index >= 15 is 0 Å². The molecule has 0 unspecified atom stereocenters. The van der Waals surface area contributed by atoms with Gasteiger partial charge in [-0.2, -0.15) is 0 Å². The van der Waals surface area contributed by atoms with Crippen LogP contribution in [0.2, 0.25) is 0 Å². The molecule has 2 aromatic carbocycles. The van der Waals surface area contributed by atoms with E-state index in [9.17, 15) is 0 Å². The van der Waals surface area contributed by atoms with Crippen molar-refractivity contribution in [2.45, 2.75) is 94.0 Å². The van der Waals surface area contributed by atoms with Crippen LogP contribution in [-0.4, -0.2) is 17.0 Å². The second-order valence-electron chi connectivity index (χ2n) is 10.9. The molecule has 4 aliphatic rings. The Kier molecular flexibility index (Phi) is 18.5. The molecule has 4 aliphatic carbocycles. The number of rotatable bonds is 6. The van der Waals surface area contributed by atoms with Crippen molar-refractivity contribution in [3.8, 4) is 0 Å². The monoisotopic (exact) mass is 634 g/mol. The quantitative estimate of drug-likeness (QED) is 0.174. The minimum absolute atomic E-state index is 0. The molecule has 0 heterocycles. The van der Waals surface area contributed by atoms with Crippen LogP contribution >= 0.6 is 15.8 Å². The molecule has 42 heavy (non-hydrogen) atoms. The second kappa shape index (κ2) is 20.9. The summed E-state index contributed by atoms with van der Waals surface area (Å²) in [6, 6.07) is 22.8. The SMILES string of the molecule is [C-]#[O+].[C-]#[O+].[C-]#[O+].[CH]1[CH][C]2CC[C@H](P(C3CCCCC3)C3CCCCC3)[C]2[C](P(c2ccccc2)c2ccccc2)[CH]1.[Cr]. The Hall–Kier alpha value is -0.948. The van der Waals surface area contributed by atoms with E-state index in [1.165, 1.54) is 87.7 Å². The summed E-state index contributed by atoms with van der Waals surface area (Å²) in [4.78, 5) is 0. The predicted octanol–water partition coefficient (Wildman–Crippen LogP) is 8.62. The summed E-state index contributed by atoms with van der Waals surface area (Å²) in [6.45, 7) is 13.5. The van der Waals surface area contributed by atoms with Crippen molar-refractivity contribution in [2.75, 3.05) is 0 Å². The first kappa shape index (κ1) is 37.2. The van der Waals surface area contributed by atoms with Crippen molar-refractivity contribution in [1.29, 1.82) is 0 Å². The van der Waals surface area contributed by atoms with Gasteiger partial charge in [0.1, 0.15) is 0 Å². The van der Waals surface area contributed by atoms with Crippen molar-refractivity contribution in [3.05, 3.63) is 117 Å². The van der Waals surface area contributed by atoms with Gasteiger partial charge in [0, 0.05) is 28.9 Å². The van der Waals surface area contributed by atoms with Crippen molar-refractivity contribution in [1.82, 2.24) is 0 Å². The van der Waals surface area contributed by atoms with Gasteiger partial charge in [-0.05, 0) is 99.2 Å². The van der Waals surface area contributed by atoms with Gasteiger partial charge in [0.2, 0.25) is 0 Å². The Morgan fingerprint density at radius 2 is 1.02 bits per heavy atom. The molecule has 0 aliphatic heterocycles. The van der Waals surface area contributed by atoms with Crippen molar-refractivity contribution in [3.63, 3.8) is 0 Å². The van der Waals surface area contributed by atoms with Crippen LogP contribution in [0.25, 0.3) is 0 Å². The van der Waals surface area contributed by atoms with Crippen LogP contribution in [0.1, 0.15) is 77.0 Å². The van der Waals surface area contributed by atoms with Gasteiger partial charge in [-0.1, -0.05) is 107 Å². The molecule has 3 nitrogen and oxygen atoms in total. The minimum Gasteiger partial charge on any atom is -0.0965 e. The summed E-state index contributed by atoms with van der Waals surface area (Å²) < 4.78 is 22.5. The zero-order chi connectivity index (χ0) is 29.5. The summed E-state index contributed by atoms with van der Waals surface area (Å²) in [5.41, 5.74) is 4.55. The first-order chi connectivity index (χ1) is 20.4. The molecule has 6 rings (SSSR count). The molecule has 0 N–H and O–H groups in total. The molecular formula is C36H40CrO3P2. The number of fused-ring (bicyclic) bond motifs is 1. The molecule has 2 aromatic rings. The normalized spacial score (nSPS) is 21.8. The summed E-state index contributed by atoms with van der Waals surface area (Å²) in [5.74, 6) is 3.50. The molecule has 0 spiro atoms. The van der Waals surface area contributed by atoms with Crippen molar-refractivity contribution >= 4 is 26.5 Å². The standard InChI is InChI=1S/C33H40P2.3CO.Cr/c1-5-15-27(16-6-1)34(28-17-7-2-8-18-28)31-23-13-14-26-24-25-32(33(26)31)35(29-19-9-3-10-20-29)30-21-11-4-12-22-30;3*1-2;/h1-2,5-8,13-18,23,29-30,32H,3-4,9-12,19-22,24-25H2;;;;/t32-;;;;/m0..../s1. The maximum Gasteiger partial charge on any atom is 0.0204 e. The van der Waals surface area contributed by atoms with Gasteiger partial charge in [0.15, 0.2) is 0 Å². The number of hydrogen-bond donors (Lipinski definition) is 0. The fourth-order valence-corrected chi connectivity index (χ4v) is 14.5. The molecule has 4 fully saturated rings. The van der Waals surface area contributed by atoms with Crippen molar-refractivity contribution < 1.29 is 31.3 Å². The molecule has 0 bridgehead atoms. The first-order valence-corrected chi connectivity index (χ1v) is 17.7. The van der Waals surface area contributed by atoms with Gasteiger partial charge >= 0.3 is 33.9 Å². The minimum atomic E-state index is -0.525. The molecule has 4 saturated carbocycles. The molecule has 1 atom stereocenters. The average molecular weight is 635 g/mol. The fraction of sp³-hybridized carbons (Fsp3) is 0.417. The van der Waals surface area contributed by atoms with Crippen LogP contribution in [0.3, 0.4) is 0 Å². The largest absolute Gasteiger partial charge is 0.0965 e. The van der Waals surface area contributed by atoms with Crippen LogP contribution in [-0.2, 0) is 31.3 Å². The Morgan fingerprint density at radius 1 is 0.571 bits per heavy atom. The number of hydrogen-bond acceptors (Lipinski definition) is 0. The summed E-state index contributed by atoms with van der Waals surface area (Å²) >= 11 is 0. The molecule has 218 valence electrons. The van der Waals surface area contributed by atoms with E-state index in [4.69, 9.17) is 14.0 Å². The molecule has 0 aromatic heterocycles. The Labute approximate surface area is 268 Å². The van der Waals surface area contributed by atoms with E-state index in [0.717, 1.165) is 17.0 Å². The maximum absolute atomic E-state index is 7.50. The average Bonchev–Trinajstić information content (AvgIpc) is 3.51. The van der Waals surface area contributed by atoms with E-state index in [1.54, 1.807) is 11.6 Å². The van der Waals surface area contributed by atoms with E-state index in [1.807, 2.05) is 5.92 Å². The molecule has 0 amide bonds. The molecule has 6 radical (unpaired) electrons. The summed E-state index contributed by atoms with van der Waals surface area (Å²) in [6.07, 6.45) is 25.1. The smallest absolute Gasteiger partial charge is 0.0204 e. The first-order valence-electron chi connectivity index (χ1n) is 14.8. The maximum atomic E-state index is 7.50. The third kappa shape index (κ3) is 9.28. The molecular weight excluding hydrogens is 594 g/mol. The zero-order valence-electron chi connectivity index (χ0n) is 24.3. The van der Waals surface area contributed by atoms with E-state index < -0.39 is 7.92 Å². The topological polar surface area (TPSA) is 59.7 Å². The van der Waals surface area contributed by atoms with Crippen LogP contribution < -0.4 is 10.6 Å². The summed E-state index contributed by atoms with van der Waals surface area (Å²) in [5, 5.41) is 3.01. The van der Waals surface area contributed by atoms with Gasteiger partial charge in [0.25, 0.3) is 0 Å². The van der Waals surface area contributed by atoms with Crippen LogP contribution in [0.5, 0.6) is 0 Å². The Bertz CT molecular complexity index is 976. The third-order valence-corrected chi connectivity index (χ3v) is 15.3. The third-order valence-electron chi connectivity index (χ3n) is 8.82. The van der Waals surface area contributed by atoms with E-state index in [0.29, 0.717) is 0 Å². The van der Waals surface area contributed by atoms with Gasteiger partial charge in [-0.3, -0.25) is 0 Å². The predicted molar refractivity (Wildman–Crippen MR) is 167 cm³/mol.